The molecule has 184 valence electrons. The molecule has 2 fully saturated rings. The fraction of sp³-hybridized carbons (Fsp3) is 0.440. The van der Waals surface area contributed by atoms with E-state index in [1.165, 1.54) is 6.33 Å². The quantitative estimate of drug-likeness (QED) is 0.455. The minimum atomic E-state index is -0.190. The molecule has 1 saturated heterocycles. The molecule has 2 aromatic heterocycles. The van der Waals surface area contributed by atoms with Crippen LogP contribution >= 0.6 is 0 Å². The number of rotatable bonds is 8. The van der Waals surface area contributed by atoms with Crippen LogP contribution in [0.15, 0.2) is 42.9 Å². The molecule has 0 spiro atoms. The normalized spacial score (nSPS) is 16.8. The van der Waals surface area contributed by atoms with E-state index in [1.54, 1.807) is 22.9 Å². The number of nitrogens with zero attached hydrogens (tertiary/aromatic N) is 4. The van der Waals surface area contributed by atoms with Crippen LogP contribution in [-0.2, 0) is 4.79 Å². The summed E-state index contributed by atoms with van der Waals surface area (Å²) in [6, 6.07) is 9.08. The van der Waals surface area contributed by atoms with Crippen LogP contribution in [0.2, 0.25) is 0 Å². The Morgan fingerprint density at radius 3 is 2.71 bits per heavy atom. The van der Waals surface area contributed by atoms with Gasteiger partial charge in [-0.3, -0.25) is 9.36 Å². The maximum atomic E-state index is 12.4. The van der Waals surface area contributed by atoms with E-state index in [4.69, 9.17) is 4.74 Å². The number of carbonyl (C=O) groups is 2. The molecule has 0 unspecified atom stereocenters. The number of hydrogen-bond acceptors (Lipinski definition) is 7. The maximum absolute atomic E-state index is 12.4. The summed E-state index contributed by atoms with van der Waals surface area (Å²) in [5, 5.41) is 16.2. The zero-order valence-electron chi connectivity index (χ0n) is 19.5. The van der Waals surface area contributed by atoms with Crippen LogP contribution in [-0.4, -0.2) is 68.3 Å². The smallest absolute Gasteiger partial charge is 0.326 e. The van der Waals surface area contributed by atoms with E-state index in [0.717, 1.165) is 62.6 Å². The van der Waals surface area contributed by atoms with Crippen molar-refractivity contribution in [1.82, 2.24) is 24.8 Å². The zero-order valence-corrected chi connectivity index (χ0v) is 19.5. The van der Waals surface area contributed by atoms with E-state index >= 15 is 0 Å². The van der Waals surface area contributed by atoms with Crippen LogP contribution < -0.4 is 15.4 Å². The second kappa shape index (κ2) is 10.4. The molecule has 1 aliphatic heterocycles. The number of likely N-dealkylation sites (tertiary alicyclic amines) is 1. The number of carbonyl (C=O) groups excluding carboxylic acids is 2. The van der Waals surface area contributed by atoms with Gasteiger partial charge in [-0.15, -0.1) is 0 Å². The van der Waals surface area contributed by atoms with Crippen LogP contribution in [0.3, 0.4) is 0 Å². The van der Waals surface area contributed by atoms with Crippen molar-refractivity contribution < 1.29 is 19.4 Å². The van der Waals surface area contributed by atoms with E-state index < -0.39 is 0 Å². The molecule has 3 aromatic rings. The first-order valence-corrected chi connectivity index (χ1v) is 12.2. The fourth-order valence-electron chi connectivity index (χ4n) is 4.23. The Morgan fingerprint density at radius 1 is 1.09 bits per heavy atom. The predicted octanol–water partition coefficient (Wildman–Crippen LogP) is 3.12. The highest BCUT2D eigenvalue weighted by Crippen LogP contribution is 2.27. The van der Waals surface area contributed by atoms with Crippen molar-refractivity contribution in [3.05, 3.63) is 42.9 Å². The van der Waals surface area contributed by atoms with Gasteiger partial charge in [0.05, 0.1) is 11.6 Å². The van der Waals surface area contributed by atoms with Crippen LogP contribution in [0, 0.1) is 0 Å². The number of benzene rings is 1. The Labute approximate surface area is 203 Å². The summed E-state index contributed by atoms with van der Waals surface area (Å²) in [5.74, 6) is 1.15. The second-order valence-electron chi connectivity index (χ2n) is 9.20. The molecule has 0 bridgehead atoms. The van der Waals surface area contributed by atoms with Crippen molar-refractivity contribution in [2.45, 2.75) is 50.7 Å². The monoisotopic (exact) mass is 478 g/mol. The number of aliphatic hydroxyl groups is 1. The Balaban J connectivity index is 1.14. The largest absolute Gasteiger partial charge is 0.439 e. The molecule has 10 nitrogen and oxygen atoms in total. The maximum Gasteiger partial charge on any atom is 0.326 e. The molecule has 1 saturated carbocycles. The number of anilines is 1. The Morgan fingerprint density at radius 2 is 1.91 bits per heavy atom. The molecule has 0 radical (unpaired) electrons. The summed E-state index contributed by atoms with van der Waals surface area (Å²) >= 11 is 0. The van der Waals surface area contributed by atoms with Crippen LogP contribution in [0.1, 0.15) is 38.5 Å². The highest BCUT2D eigenvalue weighted by Gasteiger charge is 2.24. The van der Waals surface area contributed by atoms with Crippen molar-refractivity contribution in [1.29, 1.82) is 0 Å². The SMILES string of the molecule is O=C(CCCN1CCC(O)CC1)Nc1cc(Oc2ccc3c(ccn3C(=O)NC3CC3)c2)ncn1. The van der Waals surface area contributed by atoms with Gasteiger partial charge in [0.1, 0.15) is 17.9 Å². The minimum absolute atomic E-state index is 0.112. The van der Waals surface area contributed by atoms with Gasteiger partial charge in [0, 0.05) is 43.2 Å². The van der Waals surface area contributed by atoms with Gasteiger partial charge >= 0.3 is 6.03 Å². The summed E-state index contributed by atoms with van der Waals surface area (Å²) in [5.41, 5.74) is 0.798. The summed E-state index contributed by atoms with van der Waals surface area (Å²) in [4.78, 5) is 35.3. The van der Waals surface area contributed by atoms with Crippen molar-refractivity contribution >= 4 is 28.7 Å². The summed E-state index contributed by atoms with van der Waals surface area (Å²) < 4.78 is 7.48. The molecule has 2 amide bonds. The first-order chi connectivity index (χ1) is 17.0. The molecule has 5 rings (SSSR count). The van der Waals surface area contributed by atoms with E-state index in [2.05, 4.69) is 25.5 Å². The first kappa shape index (κ1) is 23.3. The van der Waals surface area contributed by atoms with E-state index in [1.807, 2.05) is 18.2 Å². The molecular weight excluding hydrogens is 448 g/mol. The van der Waals surface area contributed by atoms with Crippen molar-refractivity contribution in [2.24, 2.45) is 0 Å². The molecule has 35 heavy (non-hydrogen) atoms. The Hall–Kier alpha value is -3.50. The summed E-state index contributed by atoms with van der Waals surface area (Å²) in [6.07, 6.45) is 7.71. The van der Waals surface area contributed by atoms with E-state index in [-0.39, 0.29) is 18.0 Å². The second-order valence-corrected chi connectivity index (χ2v) is 9.20. The first-order valence-electron chi connectivity index (χ1n) is 12.2. The lowest BCUT2D eigenvalue weighted by atomic mass is 10.1. The average Bonchev–Trinajstić information content (AvgIpc) is 3.56. The van der Waals surface area contributed by atoms with Gasteiger partial charge in [-0.05, 0) is 62.9 Å². The number of amides is 2. The average molecular weight is 479 g/mol. The Kier molecular flexibility index (Phi) is 6.91. The van der Waals surface area contributed by atoms with Gasteiger partial charge in [0.25, 0.3) is 0 Å². The highest BCUT2D eigenvalue weighted by molar-refractivity contribution is 5.92. The molecule has 3 N–H and O–H groups in total. The van der Waals surface area contributed by atoms with Crippen LogP contribution in [0.5, 0.6) is 11.6 Å². The molecule has 2 aliphatic rings. The number of nitrogens with one attached hydrogen (secondary N) is 2. The summed E-state index contributed by atoms with van der Waals surface area (Å²) in [6.45, 7) is 2.59. The van der Waals surface area contributed by atoms with Gasteiger partial charge in [0.2, 0.25) is 11.8 Å². The van der Waals surface area contributed by atoms with Crippen LogP contribution in [0.4, 0.5) is 10.6 Å². The lowest BCUT2D eigenvalue weighted by molar-refractivity contribution is -0.116. The van der Waals surface area contributed by atoms with Crippen molar-refractivity contribution in [3.63, 3.8) is 0 Å². The standard InChI is InChI=1S/C25H30N6O4/c32-19-8-11-30(12-9-19)10-1-2-23(33)29-22-15-24(27-16-26-22)35-20-5-6-21-17(14-20)7-13-31(21)25(34)28-18-3-4-18/h5-7,13-16,18-19,32H,1-4,8-12H2,(H,28,34)(H,26,27,29,33). The third-order valence-electron chi connectivity index (χ3n) is 6.35. The third-order valence-corrected chi connectivity index (χ3v) is 6.35. The number of ether oxygens (including phenoxy) is 1. The van der Waals surface area contributed by atoms with Crippen LogP contribution in [0.25, 0.3) is 10.9 Å². The van der Waals surface area contributed by atoms with E-state index in [9.17, 15) is 14.7 Å². The fourth-order valence-corrected chi connectivity index (χ4v) is 4.23. The van der Waals surface area contributed by atoms with E-state index in [0.29, 0.717) is 29.9 Å². The number of aromatic nitrogens is 3. The molecule has 0 atom stereocenters. The topological polar surface area (TPSA) is 122 Å². The third kappa shape index (κ3) is 6.14. The number of piperidine rings is 1. The van der Waals surface area contributed by atoms with Gasteiger partial charge in [0.15, 0.2) is 0 Å². The zero-order chi connectivity index (χ0) is 24.2. The highest BCUT2D eigenvalue weighted by atomic mass is 16.5. The molecule has 1 aliphatic carbocycles. The summed E-state index contributed by atoms with van der Waals surface area (Å²) in [7, 11) is 0. The van der Waals surface area contributed by atoms with Gasteiger partial charge in [-0.1, -0.05) is 0 Å². The van der Waals surface area contributed by atoms with Gasteiger partial charge in [-0.2, -0.15) is 0 Å². The number of aliphatic hydroxyl groups excluding tert-OH is 1. The number of fused-ring (bicyclic) bond motifs is 1. The minimum Gasteiger partial charge on any atom is -0.439 e. The lowest BCUT2D eigenvalue weighted by Crippen LogP contribution is -2.36. The van der Waals surface area contributed by atoms with Gasteiger partial charge in [-0.25, -0.2) is 14.8 Å². The molecular formula is C25H30N6O4. The molecule has 3 heterocycles. The molecule has 1 aromatic carbocycles. The van der Waals surface area contributed by atoms with Crippen molar-refractivity contribution in [3.8, 4) is 11.6 Å². The lowest BCUT2D eigenvalue weighted by Gasteiger charge is -2.29. The Bertz CT molecular complexity index is 1200. The number of hydrogen-bond donors (Lipinski definition) is 3. The van der Waals surface area contributed by atoms with Crippen molar-refractivity contribution in [2.75, 3.05) is 25.0 Å². The molecule has 10 heteroatoms. The van der Waals surface area contributed by atoms with Gasteiger partial charge < -0.3 is 25.4 Å². The predicted molar refractivity (Wildman–Crippen MR) is 131 cm³/mol.